The van der Waals surface area contributed by atoms with E-state index in [-0.39, 0.29) is 18.3 Å². The van der Waals surface area contributed by atoms with Crippen LogP contribution < -0.4 is 5.32 Å². The van der Waals surface area contributed by atoms with E-state index in [9.17, 15) is 9.18 Å². The first-order valence-electron chi connectivity index (χ1n) is 7.60. The smallest absolute Gasteiger partial charge is 0.261 e. The lowest BCUT2D eigenvalue weighted by Crippen LogP contribution is -2.40. The maximum Gasteiger partial charge on any atom is 0.261 e. The SMILES string of the molecule is CO[C@@](C)(CNC(=O)c1cc2ccccc2s1)c1ccccc1F. The fourth-order valence-corrected chi connectivity index (χ4v) is 3.58. The molecule has 3 nitrogen and oxygen atoms in total. The molecule has 3 rings (SSSR count). The van der Waals surface area contributed by atoms with Crippen molar-refractivity contribution < 1.29 is 13.9 Å². The zero-order chi connectivity index (χ0) is 17.2. The summed E-state index contributed by atoms with van der Waals surface area (Å²) < 4.78 is 20.6. The predicted molar refractivity (Wildman–Crippen MR) is 94.9 cm³/mol. The summed E-state index contributed by atoms with van der Waals surface area (Å²) >= 11 is 1.44. The second-order valence-electron chi connectivity index (χ2n) is 5.75. The van der Waals surface area contributed by atoms with Crippen molar-refractivity contribution in [3.63, 3.8) is 0 Å². The van der Waals surface area contributed by atoms with Gasteiger partial charge in [0.25, 0.3) is 5.91 Å². The van der Waals surface area contributed by atoms with Crippen LogP contribution in [-0.4, -0.2) is 19.6 Å². The number of thiophene rings is 1. The highest BCUT2D eigenvalue weighted by molar-refractivity contribution is 7.20. The van der Waals surface area contributed by atoms with E-state index >= 15 is 0 Å². The molecule has 3 aromatic rings. The van der Waals surface area contributed by atoms with Crippen LogP contribution in [0.25, 0.3) is 10.1 Å². The molecule has 0 radical (unpaired) electrons. The second kappa shape index (κ2) is 6.71. The van der Waals surface area contributed by atoms with E-state index in [0.29, 0.717) is 10.4 Å². The van der Waals surface area contributed by atoms with E-state index in [4.69, 9.17) is 4.74 Å². The van der Waals surface area contributed by atoms with E-state index in [1.807, 2.05) is 30.3 Å². The Kier molecular flexibility index (Phi) is 4.64. The lowest BCUT2D eigenvalue weighted by atomic mass is 9.95. The third-order valence-electron chi connectivity index (χ3n) is 4.13. The number of amides is 1. The van der Waals surface area contributed by atoms with Gasteiger partial charge in [0.2, 0.25) is 0 Å². The number of carbonyl (C=O) groups is 1. The summed E-state index contributed by atoms with van der Waals surface area (Å²) in [6.07, 6.45) is 0. The average Bonchev–Trinajstić information content (AvgIpc) is 3.04. The maximum absolute atomic E-state index is 14.1. The van der Waals surface area contributed by atoms with Crippen LogP contribution in [0.2, 0.25) is 0 Å². The summed E-state index contributed by atoms with van der Waals surface area (Å²) in [4.78, 5) is 13.1. The van der Waals surface area contributed by atoms with Gasteiger partial charge >= 0.3 is 0 Å². The fraction of sp³-hybridized carbons (Fsp3) is 0.211. The second-order valence-corrected chi connectivity index (χ2v) is 6.83. The molecule has 2 aromatic carbocycles. The summed E-state index contributed by atoms with van der Waals surface area (Å²) in [6, 6.07) is 16.1. The van der Waals surface area contributed by atoms with Crippen molar-refractivity contribution in [2.75, 3.05) is 13.7 Å². The number of carbonyl (C=O) groups excluding carboxylic acids is 1. The van der Waals surface area contributed by atoms with Crippen LogP contribution in [0.3, 0.4) is 0 Å². The third kappa shape index (κ3) is 3.18. The molecule has 0 unspecified atom stereocenters. The van der Waals surface area contributed by atoms with Crippen LogP contribution in [0, 0.1) is 5.82 Å². The zero-order valence-electron chi connectivity index (χ0n) is 13.5. The van der Waals surface area contributed by atoms with Gasteiger partial charge < -0.3 is 10.1 Å². The van der Waals surface area contributed by atoms with Crippen molar-refractivity contribution in [3.8, 4) is 0 Å². The van der Waals surface area contributed by atoms with Crippen LogP contribution in [0.15, 0.2) is 54.6 Å². The Morgan fingerprint density at radius 1 is 1.21 bits per heavy atom. The molecule has 0 saturated heterocycles. The Bertz CT molecular complexity index is 843. The quantitative estimate of drug-likeness (QED) is 0.749. The van der Waals surface area contributed by atoms with E-state index in [2.05, 4.69) is 5.32 Å². The van der Waals surface area contributed by atoms with E-state index in [1.165, 1.54) is 24.5 Å². The van der Waals surface area contributed by atoms with Crippen LogP contribution in [-0.2, 0) is 10.3 Å². The first kappa shape index (κ1) is 16.6. The monoisotopic (exact) mass is 343 g/mol. The van der Waals surface area contributed by atoms with E-state index < -0.39 is 5.60 Å². The molecular formula is C19H18FNO2S. The van der Waals surface area contributed by atoms with Gasteiger partial charge in [-0.25, -0.2) is 4.39 Å². The van der Waals surface area contributed by atoms with Crippen molar-refractivity contribution in [2.45, 2.75) is 12.5 Å². The van der Waals surface area contributed by atoms with Crippen LogP contribution in [0.4, 0.5) is 4.39 Å². The number of halogens is 1. The first-order chi connectivity index (χ1) is 11.5. The maximum atomic E-state index is 14.1. The number of ether oxygens (including phenoxy) is 1. The molecule has 1 aromatic heterocycles. The number of benzene rings is 2. The molecule has 5 heteroatoms. The standard InChI is InChI=1S/C19H18FNO2S/c1-19(23-2,14-8-4-5-9-15(14)20)12-21-18(22)17-11-13-7-3-6-10-16(13)24-17/h3-11H,12H2,1-2H3,(H,21,22)/t19-/m0/s1. The third-order valence-corrected chi connectivity index (χ3v) is 5.24. The normalized spacial score (nSPS) is 13.6. The lowest BCUT2D eigenvalue weighted by molar-refractivity contribution is 0.000424. The van der Waals surface area contributed by atoms with Crippen molar-refractivity contribution in [1.29, 1.82) is 0 Å². The van der Waals surface area contributed by atoms with Gasteiger partial charge in [-0.15, -0.1) is 11.3 Å². The van der Waals surface area contributed by atoms with Gasteiger partial charge in [0.1, 0.15) is 11.4 Å². The molecule has 1 N–H and O–H groups in total. The van der Waals surface area contributed by atoms with Crippen LogP contribution in [0.5, 0.6) is 0 Å². The van der Waals surface area contributed by atoms with Crippen molar-refractivity contribution in [1.82, 2.24) is 5.32 Å². The molecule has 24 heavy (non-hydrogen) atoms. The van der Waals surface area contributed by atoms with Crippen LogP contribution >= 0.6 is 11.3 Å². The Balaban J connectivity index is 1.77. The Morgan fingerprint density at radius 2 is 1.92 bits per heavy atom. The number of methoxy groups -OCH3 is 1. The van der Waals surface area contributed by atoms with Gasteiger partial charge in [-0.1, -0.05) is 36.4 Å². The Hall–Kier alpha value is -2.24. The predicted octanol–water partition coefficient (Wildman–Crippen LogP) is 4.33. The van der Waals surface area contributed by atoms with Crippen molar-refractivity contribution >= 4 is 27.3 Å². The van der Waals surface area contributed by atoms with E-state index in [0.717, 1.165) is 10.1 Å². The van der Waals surface area contributed by atoms with Crippen molar-refractivity contribution in [2.24, 2.45) is 0 Å². The minimum atomic E-state index is -0.933. The largest absolute Gasteiger partial charge is 0.372 e. The van der Waals surface area contributed by atoms with Gasteiger partial charge in [-0.05, 0) is 30.5 Å². The number of nitrogens with one attached hydrogen (secondary N) is 1. The highest BCUT2D eigenvalue weighted by atomic mass is 32.1. The Labute approximate surface area is 144 Å². The number of hydrogen-bond acceptors (Lipinski definition) is 3. The molecular weight excluding hydrogens is 325 g/mol. The van der Waals surface area contributed by atoms with Gasteiger partial charge in [0.15, 0.2) is 0 Å². The summed E-state index contributed by atoms with van der Waals surface area (Å²) in [5.41, 5.74) is -0.512. The fourth-order valence-electron chi connectivity index (χ4n) is 2.60. The lowest BCUT2D eigenvalue weighted by Gasteiger charge is -2.29. The zero-order valence-corrected chi connectivity index (χ0v) is 14.3. The molecule has 0 aliphatic carbocycles. The number of rotatable bonds is 5. The Morgan fingerprint density at radius 3 is 2.62 bits per heavy atom. The summed E-state index contributed by atoms with van der Waals surface area (Å²) in [5, 5.41) is 3.90. The molecule has 0 spiro atoms. The number of hydrogen-bond donors (Lipinski definition) is 1. The molecule has 1 atom stereocenters. The molecule has 124 valence electrons. The van der Waals surface area contributed by atoms with Gasteiger partial charge in [-0.2, -0.15) is 0 Å². The molecule has 0 bridgehead atoms. The highest BCUT2D eigenvalue weighted by Crippen LogP contribution is 2.28. The van der Waals surface area contributed by atoms with Gasteiger partial charge in [0, 0.05) is 17.4 Å². The molecule has 0 aliphatic rings. The average molecular weight is 343 g/mol. The van der Waals surface area contributed by atoms with Crippen LogP contribution in [0.1, 0.15) is 22.2 Å². The summed E-state index contributed by atoms with van der Waals surface area (Å²) in [7, 11) is 1.51. The minimum absolute atomic E-state index is 0.178. The highest BCUT2D eigenvalue weighted by Gasteiger charge is 2.30. The summed E-state index contributed by atoms with van der Waals surface area (Å²) in [6.45, 7) is 1.94. The topological polar surface area (TPSA) is 38.3 Å². The van der Waals surface area contributed by atoms with E-state index in [1.54, 1.807) is 25.1 Å². The van der Waals surface area contributed by atoms with Gasteiger partial charge in [0.05, 0.1) is 11.4 Å². The van der Waals surface area contributed by atoms with Crippen molar-refractivity contribution in [3.05, 3.63) is 70.9 Å². The molecule has 1 heterocycles. The number of fused-ring (bicyclic) bond motifs is 1. The first-order valence-corrected chi connectivity index (χ1v) is 8.42. The molecule has 0 aliphatic heterocycles. The minimum Gasteiger partial charge on any atom is -0.372 e. The molecule has 0 fully saturated rings. The van der Waals surface area contributed by atoms with Gasteiger partial charge in [-0.3, -0.25) is 4.79 Å². The summed E-state index contributed by atoms with van der Waals surface area (Å²) in [5.74, 6) is -0.534. The molecule has 0 saturated carbocycles. The molecule has 1 amide bonds.